The predicted octanol–water partition coefficient (Wildman–Crippen LogP) is 4.37. The Morgan fingerprint density at radius 3 is 2.75 bits per heavy atom. The quantitative estimate of drug-likeness (QED) is 0.635. The molecule has 5 nitrogen and oxygen atoms in total. The summed E-state index contributed by atoms with van der Waals surface area (Å²) in [6.07, 6.45) is 0. The van der Waals surface area contributed by atoms with E-state index >= 15 is 0 Å². The molecule has 0 fully saturated rings. The SMILES string of the molecule is O=C(CSc1nnc(-c2cccc(Br)c2)o1)Nc1ccc(F)cc1. The molecule has 1 aromatic heterocycles. The summed E-state index contributed by atoms with van der Waals surface area (Å²) in [5.41, 5.74) is 1.32. The molecule has 1 heterocycles. The van der Waals surface area contributed by atoms with Crippen molar-refractivity contribution < 1.29 is 13.6 Å². The molecular formula is C16H11BrFN3O2S. The molecule has 0 saturated heterocycles. The van der Waals surface area contributed by atoms with Crippen molar-refractivity contribution in [3.8, 4) is 11.5 Å². The van der Waals surface area contributed by atoms with Gasteiger partial charge >= 0.3 is 0 Å². The molecule has 24 heavy (non-hydrogen) atoms. The van der Waals surface area contributed by atoms with Gasteiger partial charge in [0.05, 0.1) is 5.75 Å². The first kappa shape index (κ1) is 16.7. The smallest absolute Gasteiger partial charge is 0.277 e. The van der Waals surface area contributed by atoms with Gasteiger partial charge in [0.15, 0.2) is 0 Å². The van der Waals surface area contributed by atoms with Crippen molar-refractivity contribution >= 4 is 39.3 Å². The van der Waals surface area contributed by atoms with Crippen LogP contribution in [0.2, 0.25) is 0 Å². The number of thioether (sulfide) groups is 1. The molecule has 3 rings (SSSR count). The minimum atomic E-state index is -0.353. The van der Waals surface area contributed by atoms with E-state index in [1.54, 1.807) is 0 Å². The average molecular weight is 408 g/mol. The molecule has 1 N–H and O–H groups in total. The first-order chi connectivity index (χ1) is 11.6. The number of halogens is 2. The highest BCUT2D eigenvalue weighted by molar-refractivity contribution is 9.10. The fraction of sp³-hybridized carbons (Fsp3) is 0.0625. The van der Waals surface area contributed by atoms with E-state index in [9.17, 15) is 9.18 Å². The Morgan fingerprint density at radius 1 is 1.21 bits per heavy atom. The summed E-state index contributed by atoms with van der Waals surface area (Å²) in [6.45, 7) is 0. The van der Waals surface area contributed by atoms with Crippen LogP contribution in [0.3, 0.4) is 0 Å². The third-order valence-electron chi connectivity index (χ3n) is 2.93. The highest BCUT2D eigenvalue weighted by Crippen LogP contribution is 2.25. The van der Waals surface area contributed by atoms with Gasteiger partial charge < -0.3 is 9.73 Å². The number of benzene rings is 2. The van der Waals surface area contributed by atoms with Crippen molar-refractivity contribution in [2.75, 3.05) is 11.1 Å². The zero-order valence-corrected chi connectivity index (χ0v) is 14.6. The lowest BCUT2D eigenvalue weighted by atomic mass is 10.2. The number of hydrogen-bond acceptors (Lipinski definition) is 5. The summed E-state index contributed by atoms with van der Waals surface area (Å²) < 4.78 is 19.3. The van der Waals surface area contributed by atoms with Crippen LogP contribution >= 0.6 is 27.7 Å². The van der Waals surface area contributed by atoms with Gasteiger partial charge in [-0.1, -0.05) is 33.8 Å². The van der Waals surface area contributed by atoms with E-state index in [1.165, 1.54) is 24.3 Å². The van der Waals surface area contributed by atoms with Crippen LogP contribution in [-0.2, 0) is 4.79 Å². The molecule has 0 radical (unpaired) electrons. The van der Waals surface area contributed by atoms with Crippen LogP contribution in [0.5, 0.6) is 0 Å². The second-order valence-electron chi connectivity index (χ2n) is 4.73. The average Bonchev–Trinajstić information content (AvgIpc) is 3.04. The number of anilines is 1. The highest BCUT2D eigenvalue weighted by atomic mass is 79.9. The second kappa shape index (κ2) is 7.59. The Labute approximate surface area is 149 Å². The maximum absolute atomic E-state index is 12.8. The monoisotopic (exact) mass is 407 g/mol. The summed E-state index contributed by atoms with van der Waals surface area (Å²) in [6, 6.07) is 13.0. The topological polar surface area (TPSA) is 68.0 Å². The number of carbonyl (C=O) groups is 1. The maximum Gasteiger partial charge on any atom is 0.277 e. The Balaban J connectivity index is 1.57. The van der Waals surface area contributed by atoms with Gasteiger partial charge in [-0.15, -0.1) is 10.2 Å². The van der Waals surface area contributed by atoms with Crippen molar-refractivity contribution in [2.45, 2.75) is 5.22 Å². The summed E-state index contributed by atoms with van der Waals surface area (Å²) >= 11 is 4.51. The minimum Gasteiger partial charge on any atom is -0.411 e. The zero-order valence-electron chi connectivity index (χ0n) is 12.2. The normalized spacial score (nSPS) is 10.6. The Morgan fingerprint density at radius 2 is 2.00 bits per heavy atom. The molecule has 2 aromatic carbocycles. The summed E-state index contributed by atoms with van der Waals surface area (Å²) in [7, 11) is 0. The number of hydrogen-bond donors (Lipinski definition) is 1. The maximum atomic E-state index is 12.8. The molecule has 1 amide bonds. The molecule has 0 saturated carbocycles. The molecule has 0 aliphatic rings. The van der Waals surface area contributed by atoms with Gasteiger partial charge in [-0.2, -0.15) is 0 Å². The number of amides is 1. The van der Waals surface area contributed by atoms with Crippen LogP contribution in [0.15, 0.2) is 62.6 Å². The second-order valence-corrected chi connectivity index (χ2v) is 6.57. The van der Waals surface area contributed by atoms with E-state index in [1.807, 2.05) is 24.3 Å². The lowest BCUT2D eigenvalue weighted by Crippen LogP contribution is -2.13. The number of rotatable bonds is 5. The van der Waals surface area contributed by atoms with Crippen molar-refractivity contribution in [2.24, 2.45) is 0 Å². The van der Waals surface area contributed by atoms with Crippen LogP contribution in [-0.4, -0.2) is 21.9 Å². The fourth-order valence-electron chi connectivity index (χ4n) is 1.86. The van der Waals surface area contributed by atoms with Crippen LogP contribution in [0.4, 0.5) is 10.1 Å². The Kier molecular flexibility index (Phi) is 5.27. The third kappa shape index (κ3) is 4.42. The van der Waals surface area contributed by atoms with Crippen LogP contribution < -0.4 is 5.32 Å². The molecule has 0 spiro atoms. The first-order valence-corrected chi connectivity index (χ1v) is 8.66. The first-order valence-electron chi connectivity index (χ1n) is 6.88. The molecule has 0 aliphatic carbocycles. The van der Waals surface area contributed by atoms with E-state index in [-0.39, 0.29) is 17.5 Å². The summed E-state index contributed by atoms with van der Waals surface area (Å²) in [5.74, 6) is -0.0998. The number of aromatic nitrogens is 2. The van der Waals surface area contributed by atoms with Crippen LogP contribution in [0.25, 0.3) is 11.5 Å². The molecule has 0 bridgehead atoms. The molecule has 0 aliphatic heterocycles. The predicted molar refractivity (Wildman–Crippen MR) is 93.2 cm³/mol. The molecule has 3 aromatic rings. The van der Waals surface area contributed by atoms with Gasteiger partial charge in [0.2, 0.25) is 11.8 Å². The van der Waals surface area contributed by atoms with Gasteiger partial charge in [-0.25, -0.2) is 4.39 Å². The summed E-state index contributed by atoms with van der Waals surface area (Å²) in [4.78, 5) is 11.9. The molecule has 0 atom stereocenters. The standard InChI is InChI=1S/C16H11BrFN3O2S/c17-11-3-1-2-10(8-11)15-20-21-16(23-15)24-9-14(22)19-13-6-4-12(18)5-7-13/h1-8H,9H2,(H,19,22). The summed E-state index contributed by atoms with van der Waals surface area (Å²) in [5, 5.41) is 10.8. The van der Waals surface area contributed by atoms with Gasteiger partial charge in [0.25, 0.3) is 5.22 Å². The third-order valence-corrected chi connectivity index (χ3v) is 4.24. The molecule has 122 valence electrons. The van der Waals surface area contributed by atoms with Crippen molar-refractivity contribution in [3.63, 3.8) is 0 Å². The van der Waals surface area contributed by atoms with Gasteiger partial charge in [-0.05, 0) is 42.5 Å². The van der Waals surface area contributed by atoms with Crippen LogP contribution in [0.1, 0.15) is 0 Å². The Hall–Kier alpha value is -2.19. The van der Waals surface area contributed by atoms with Gasteiger partial charge in [0.1, 0.15) is 5.82 Å². The fourth-order valence-corrected chi connectivity index (χ4v) is 2.83. The van der Waals surface area contributed by atoms with E-state index in [2.05, 4.69) is 31.4 Å². The zero-order chi connectivity index (χ0) is 16.9. The van der Waals surface area contributed by atoms with Crippen LogP contribution in [0, 0.1) is 5.82 Å². The Bertz CT molecular complexity index is 855. The minimum absolute atomic E-state index is 0.109. The van der Waals surface area contributed by atoms with E-state index in [0.29, 0.717) is 16.8 Å². The molecule has 0 unspecified atom stereocenters. The van der Waals surface area contributed by atoms with Gasteiger partial charge in [0, 0.05) is 15.7 Å². The van der Waals surface area contributed by atoms with Crippen molar-refractivity contribution in [1.82, 2.24) is 10.2 Å². The lowest BCUT2D eigenvalue weighted by molar-refractivity contribution is -0.113. The molecule has 8 heteroatoms. The number of nitrogens with one attached hydrogen (secondary N) is 1. The molecular weight excluding hydrogens is 397 g/mol. The van der Waals surface area contributed by atoms with E-state index in [0.717, 1.165) is 21.8 Å². The van der Waals surface area contributed by atoms with Gasteiger partial charge in [-0.3, -0.25) is 4.79 Å². The lowest BCUT2D eigenvalue weighted by Gasteiger charge is -2.03. The van der Waals surface area contributed by atoms with Crippen molar-refractivity contribution in [3.05, 3.63) is 58.8 Å². The van der Waals surface area contributed by atoms with Crippen molar-refractivity contribution in [1.29, 1.82) is 0 Å². The highest BCUT2D eigenvalue weighted by Gasteiger charge is 2.11. The largest absolute Gasteiger partial charge is 0.411 e. The van der Waals surface area contributed by atoms with E-state index in [4.69, 9.17) is 4.42 Å². The van der Waals surface area contributed by atoms with E-state index < -0.39 is 0 Å². The number of carbonyl (C=O) groups excluding carboxylic acids is 1. The number of nitrogens with zero attached hydrogens (tertiary/aromatic N) is 2.